The molecule has 15 heavy (non-hydrogen) atoms. The topological polar surface area (TPSA) is 73.7 Å². The SMILES string of the molecule is O=C(c1ccccn1)N1CC(O)C(O)C1. The number of amides is 1. The number of rotatable bonds is 1. The molecule has 5 nitrogen and oxygen atoms in total. The number of hydrogen-bond donors (Lipinski definition) is 2. The lowest BCUT2D eigenvalue weighted by Gasteiger charge is -2.14. The Labute approximate surface area is 87.0 Å². The summed E-state index contributed by atoms with van der Waals surface area (Å²) < 4.78 is 0. The average molecular weight is 208 g/mol. The predicted octanol–water partition coefficient (Wildman–Crippen LogP) is -0.741. The number of carbonyl (C=O) groups is 1. The Morgan fingerprint density at radius 1 is 1.33 bits per heavy atom. The molecule has 2 heterocycles. The molecule has 1 aromatic heterocycles. The van der Waals surface area contributed by atoms with Gasteiger partial charge < -0.3 is 15.1 Å². The van der Waals surface area contributed by atoms with Gasteiger partial charge in [-0.25, -0.2) is 0 Å². The number of β-amino-alcohol motifs (C(OH)–C–C–N with tert-alkyl or cyclic N) is 2. The van der Waals surface area contributed by atoms with Crippen molar-refractivity contribution >= 4 is 5.91 Å². The number of nitrogens with zero attached hydrogens (tertiary/aromatic N) is 2. The lowest BCUT2D eigenvalue weighted by molar-refractivity contribution is 0.0572. The Kier molecular flexibility index (Phi) is 2.66. The van der Waals surface area contributed by atoms with Crippen LogP contribution < -0.4 is 0 Å². The first-order valence-corrected chi connectivity index (χ1v) is 4.75. The Hall–Kier alpha value is -1.46. The van der Waals surface area contributed by atoms with E-state index in [1.807, 2.05) is 0 Å². The monoisotopic (exact) mass is 208 g/mol. The second-order valence-electron chi connectivity index (χ2n) is 3.56. The van der Waals surface area contributed by atoms with Gasteiger partial charge in [0.05, 0.1) is 12.2 Å². The fourth-order valence-electron chi connectivity index (χ4n) is 1.59. The maximum absolute atomic E-state index is 11.8. The molecule has 1 saturated heterocycles. The van der Waals surface area contributed by atoms with Crippen LogP contribution in [0.2, 0.25) is 0 Å². The zero-order chi connectivity index (χ0) is 10.8. The summed E-state index contributed by atoms with van der Waals surface area (Å²) in [6, 6.07) is 5.06. The molecule has 2 rings (SSSR count). The third-order valence-corrected chi connectivity index (χ3v) is 2.43. The zero-order valence-corrected chi connectivity index (χ0v) is 8.08. The summed E-state index contributed by atoms with van der Waals surface area (Å²) >= 11 is 0. The smallest absolute Gasteiger partial charge is 0.272 e. The molecule has 80 valence electrons. The number of aliphatic hydroxyl groups is 2. The van der Waals surface area contributed by atoms with Crippen molar-refractivity contribution in [2.24, 2.45) is 0 Å². The fraction of sp³-hybridized carbons (Fsp3) is 0.400. The van der Waals surface area contributed by atoms with E-state index in [-0.39, 0.29) is 19.0 Å². The zero-order valence-electron chi connectivity index (χ0n) is 8.08. The van der Waals surface area contributed by atoms with E-state index in [2.05, 4.69) is 4.98 Å². The van der Waals surface area contributed by atoms with E-state index in [0.29, 0.717) is 5.69 Å². The van der Waals surface area contributed by atoms with Crippen LogP contribution in [0.25, 0.3) is 0 Å². The highest BCUT2D eigenvalue weighted by Crippen LogP contribution is 2.12. The van der Waals surface area contributed by atoms with Gasteiger partial charge in [0, 0.05) is 19.3 Å². The Morgan fingerprint density at radius 2 is 2.00 bits per heavy atom. The van der Waals surface area contributed by atoms with Crippen LogP contribution >= 0.6 is 0 Å². The van der Waals surface area contributed by atoms with Gasteiger partial charge in [0.15, 0.2) is 0 Å². The van der Waals surface area contributed by atoms with Crippen LogP contribution in [0.3, 0.4) is 0 Å². The molecule has 0 aromatic carbocycles. The summed E-state index contributed by atoms with van der Waals surface area (Å²) in [6.07, 6.45) is -0.161. The van der Waals surface area contributed by atoms with Crippen LogP contribution in [-0.4, -0.2) is 51.3 Å². The van der Waals surface area contributed by atoms with Gasteiger partial charge in [0.25, 0.3) is 5.91 Å². The molecule has 2 N–H and O–H groups in total. The molecule has 1 amide bonds. The van der Waals surface area contributed by atoms with E-state index < -0.39 is 12.2 Å². The van der Waals surface area contributed by atoms with Crippen molar-refractivity contribution in [1.29, 1.82) is 0 Å². The van der Waals surface area contributed by atoms with Crippen molar-refractivity contribution in [2.45, 2.75) is 12.2 Å². The quantitative estimate of drug-likeness (QED) is 0.637. The lowest BCUT2D eigenvalue weighted by atomic mass is 10.3. The van der Waals surface area contributed by atoms with Crippen LogP contribution in [0, 0.1) is 0 Å². The number of hydrogen-bond acceptors (Lipinski definition) is 4. The third-order valence-electron chi connectivity index (χ3n) is 2.43. The van der Waals surface area contributed by atoms with Crippen molar-refractivity contribution in [1.82, 2.24) is 9.88 Å². The molecule has 0 bridgehead atoms. The molecule has 1 aromatic rings. The summed E-state index contributed by atoms with van der Waals surface area (Å²) in [5.74, 6) is -0.258. The van der Waals surface area contributed by atoms with Gasteiger partial charge in [0.2, 0.25) is 0 Å². The van der Waals surface area contributed by atoms with E-state index in [1.54, 1.807) is 18.2 Å². The van der Waals surface area contributed by atoms with Gasteiger partial charge in [-0.3, -0.25) is 9.78 Å². The lowest BCUT2D eigenvalue weighted by Crippen LogP contribution is -2.30. The summed E-state index contributed by atoms with van der Waals surface area (Å²) in [5.41, 5.74) is 0.332. The van der Waals surface area contributed by atoms with E-state index in [9.17, 15) is 15.0 Å². The fourth-order valence-corrected chi connectivity index (χ4v) is 1.59. The molecule has 2 atom stereocenters. The van der Waals surface area contributed by atoms with Gasteiger partial charge >= 0.3 is 0 Å². The summed E-state index contributed by atoms with van der Waals surface area (Å²) in [5, 5.41) is 18.6. The van der Waals surface area contributed by atoms with Gasteiger partial charge in [0.1, 0.15) is 5.69 Å². The molecule has 5 heteroatoms. The van der Waals surface area contributed by atoms with Crippen molar-refractivity contribution < 1.29 is 15.0 Å². The minimum atomic E-state index is -0.849. The second-order valence-corrected chi connectivity index (χ2v) is 3.56. The number of likely N-dealkylation sites (tertiary alicyclic amines) is 1. The van der Waals surface area contributed by atoms with Crippen LogP contribution in [0.5, 0.6) is 0 Å². The van der Waals surface area contributed by atoms with Gasteiger partial charge in [-0.2, -0.15) is 0 Å². The highest BCUT2D eigenvalue weighted by atomic mass is 16.3. The Balaban J connectivity index is 2.10. The van der Waals surface area contributed by atoms with E-state index in [1.165, 1.54) is 11.1 Å². The van der Waals surface area contributed by atoms with Crippen LogP contribution in [0.4, 0.5) is 0 Å². The second kappa shape index (κ2) is 3.96. The molecular formula is C10H12N2O3. The van der Waals surface area contributed by atoms with Crippen molar-refractivity contribution in [3.8, 4) is 0 Å². The number of aromatic nitrogens is 1. The van der Waals surface area contributed by atoms with Crippen molar-refractivity contribution in [2.75, 3.05) is 13.1 Å². The molecular weight excluding hydrogens is 196 g/mol. The first-order valence-electron chi connectivity index (χ1n) is 4.75. The average Bonchev–Trinajstić information content (AvgIpc) is 2.59. The highest BCUT2D eigenvalue weighted by molar-refractivity contribution is 5.92. The first kappa shape index (κ1) is 10.1. The van der Waals surface area contributed by atoms with Crippen LogP contribution in [0.1, 0.15) is 10.5 Å². The van der Waals surface area contributed by atoms with Gasteiger partial charge in [-0.15, -0.1) is 0 Å². The largest absolute Gasteiger partial charge is 0.388 e. The third kappa shape index (κ3) is 1.98. The molecule has 1 aliphatic heterocycles. The molecule has 0 saturated carbocycles. The van der Waals surface area contributed by atoms with Crippen molar-refractivity contribution in [3.63, 3.8) is 0 Å². The normalized spacial score (nSPS) is 25.6. The van der Waals surface area contributed by atoms with Crippen LogP contribution in [-0.2, 0) is 0 Å². The van der Waals surface area contributed by atoms with E-state index in [0.717, 1.165) is 0 Å². The summed E-state index contributed by atoms with van der Waals surface area (Å²) in [7, 11) is 0. The van der Waals surface area contributed by atoms with E-state index >= 15 is 0 Å². The summed E-state index contributed by atoms with van der Waals surface area (Å²) in [6.45, 7) is 0.327. The van der Waals surface area contributed by atoms with E-state index in [4.69, 9.17) is 0 Å². The maximum atomic E-state index is 11.8. The molecule has 0 radical (unpaired) electrons. The first-order chi connectivity index (χ1) is 7.18. The Bertz CT molecular complexity index is 345. The summed E-state index contributed by atoms with van der Waals surface area (Å²) in [4.78, 5) is 17.1. The standard InChI is InChI=1S/C10H12N2O3/c13-8-5-12(6-9(8)14)10(15)7-3-1-2-4-11-7/h1-4,8-9,13-14H,5-6H2. The van der Waals surface area contributed by atoms with Crippen molar-refractivity contribution in [3.05, 3.63) is 30.1 Å². The minimum absolute atomic E-state index is 0.163. The predicted molar refractivity (Wildman–Crippen MR) is 52.2 cm³/mol. The maximum Gasteiger partial charge on any atom is 0.272 e. The molecule has 1 fully saturated rings. The molecule has 2 unspecified atom stereocenters. The minimum Gasteiger partial charge on any atom is -0.388 e. The van der Waals surface area contributed by atoms with Gasteiger partial charge in [-0.05, 0) is 12.1 Å². The number of pyridine rings is 1. The highest BCUT2D eigenvalue weighted by Gasteiger charge is 2.33. The molecule has 0 aliphatic carbocycles. The number of aliphatic hydroxyl groups excluding tert-OH is 2. The van der Waals surface area contributed by atoms with Crippen LogP contribution in [0.15, 0.2) is 24.4 Å². The number of carbonyl (C=O) groups excluding carboxylic acids is 1. The molecule has 0 spiro atoms. The Morgan fingerprint density at radius 3 is 2.53 bits per heavy atom. The molecule has 1 aliphatic rings. The van der Waals surface area contributed by atoms with Gasteiger partial charge in [-0.1, -0.05) is 6.07 Å².